The Morgan fingerprint density at radius 1 is 1.27 bits per heavy atom. The van der Waals surface area contributed by atoms with Crippen molar-refractivity contribution in [2.24, 2.45) is 0 Å². The number of para-hydroxylation sites is 1. The highest BCUT2D eigenvalue weighted by Gasteiger charge is 2.25. The number of aromatic carboxylic acids is 1. The SMILES string of the molecule is CSCC[C@@H](NC(=O)COc1ccccc1)C(=O)N(C)Cc1cc(C(=O)O)c(C)o1. The average Bonchev–Trinajstić information content (AvgIpc) is 3.10. The first-order valence-corrected chi connectivity index (χ1v) is 10.7. The van der Waals surface area contributed by atoms with Crippen LogP contribution in [0.3, 0.4) is 0 Å². The fourth-order valence-electron chi connectivity index (χ4n) is 2.81. The lowest BCUT2D eigenvalue weighted by atomic mass is 10.2. The summed E-state index contributed by atoms with van der Waals surface area (Å²) in [5, 5.41) is 11.9. The molecule has 1 aromatic carbocycles. The molecule has 2 N–H and O–H groups in total. The Bertz CT molecular complexity index is 868. The largest absolute Gasteiger partial charge is 0.484 e. The maximum atomic E-state index is 12.9. The van der Waals surface area contributed by atoms with Crippen LogP contribution in [0.4, 0.5) is 0 Å². The Kier molecular flexibility index (Phi) is 8.79. The molecule has 0 aliphatic rings. The van der Waals surface area contributed by atoms with Crippen molar-refractivity contribution in [3.8, 4) is 5.75 Å². The molecule has 1 heterocycles. The third-order valence-electron chi connectivity index (χ3n) is 4.33. The minimum atomic E-state index is -1.08. The molecule has 0 spiro atoms. The lowest BCUT2D eigenvalue weighted by Gasteiger charge is -2.24. The van der Waals surface area contributed by atoms with Gasteiger partial charge in [0.1, 0.15) is 28.9 Å². The van der Waals surface area contributed by atoms with Gasteiger partial charge in [-0.2, -0.15) is 11.8 Å². The summed E-state index contributed by atoms with van der Waals surface area (Å²) in [7, 11) is 1.58. The van der Waals surface area contributed by atoms with Gasteiger partial charge in [0.2, 0.25) is 5.91 Å². The number of amides is 2. The number of likely N-dealkylation sites (N-methyl/N-ethyl adjacent to an activating group) is 1. The zero-order valence-corrected chi connectivity index (χ0v) is 18.0. The van der Waals surface area contributed by atoms with Crippen LogP contribution in [0.2, 0.25) is 0 Å². The van der Waals surface area contributed by atoms with Gasteiger partial charge in [0, 0.05) is 7.05 Å². The number of rotatable bonds is 11. The molecular weight excluding hydrogens is 408 g/mol. The number of ether oxygens (including phenoxy) is 1. The normalized spacial score (nSPS) is 11.6. The lowest BCUT2D eigenvalue weighted by Crippen LogP contribution is -2.48. The van der Waals surface area contributed by atoms with Crippen LogP contribution >= 0.6 is 11.8 Å². The molecule has 2 amide bonds. The molecule has 0 unspecified atom stereocenters. The summed E-state index contributed by atoms with van der Waals surface area (Å²) in [5.74, 6) is 0.135. The van der Waals surface area contributed by atoms with E-state index in [1.165, 1.54) is 11.0 Å². The molecular formula is C21H26N2O6S. The lowest BCUT2D eigenvalue weighted by molar-refractivity contribution is -0.136. The number of aryl methyl sites for hydroxylation is 1. The van der Waals surface area contributed by atoms with Crippen molar-refractivity contribution in [2.75, 3.05) is 25.7 Å². The summed E-state index contributed by atoms with van der Waals surface area (Å²) in [4.78, 5) is 37.8. The Labute approximate surface area is 179 Å². The number of carboxylic acids is 1. The van der Waals surface area contributed by atoms with Crippen LogP contribution in [0, 0.1) is 6.92 Å². The van der Waals surface area contributed by atoms with Crippen molar-refractivity contribution >= 4 is 29.5 Å². The van der Waals surface area contributed by atoms with Crippen LogP contribution < -0.4 is 10.1 Å². The Hall–Kier alpha value is -2.94. The van der Waals surface area contributed by atoms with Crippen molar-refractivity contribution < 1.29 is 28.6 Å². The fourth-order valence-corrected chi connectivity index (χ4v) is 3.28. The van der Waals surface area contributed by atoms with Gasteiger partial charge in [-0.05, 0) is 43.6 Å². The first-order chi connectivity index (χ1) is 14.3. The third kappa shape index (κ3) is 6.84. The number of nitrogens with zero attached hydrogens (tertiary/aromatic N) is 1. The van der Waals surface area contributed by atoms with Crippen LogP contribution in [0.1, 0.15) is 28.3 Å². The molecule has 0 bridgehead atoms. The van der Waals surface area contributed by atoms with E-state index in [-0.39, 0.29) is 30.4 Å². The topological polar surface area (TPSA) is 109 Å². The van der Waals surface area contributed by atoms with Crippen molar-refractivity contribution in [3.05, 3.63) is 53.5 Å². The standard InChI is InChI=1S/C21H26N2O6S/c1-14-17(21(26)27)11-16(29-14)12-23(2)20(25)18(9-10-30-3)22-19(24)13-28-15-7-5-4-6-8-15/h4-8,11,18H,9-10,12-13H2,1-3H3,(H,22,24)(H,26,27)/t18-/m1/s1. The van der Waals surface area contributed by atoms with Crippen molar-refractivity contribution in [1.82, 2.24) is 10.2 Å². The van der Waals surface area contributed by atoms with E-state index in [1.807, 2.05) is 12.3 Å². The summed E-state index contributed by atoms with van der Waals surface area (Å²) >= 11 is 1.57. The molecule has 30 heavy (non-hydrogen) atoms. The molecule has 0 fully saturated rings. The predicted octanol–water partition coefficient (Wildman–Crippen LogP) is 2.56. The molecule has 8 nitrogen and oxygen atoms in total. The Morgan fingerprint density at radius 2 is 1.97 bits per heavy atom. The van der Waals surface area contributed by atoms with Gasteiger partial charge in [-0.15, -0.1) is 0 Å². The van der Waals surface area contributed by atoms with Crippen LogP contribution in [0.25, 0.3) is 0 Å². The van der Waals surface area contributed by atoms with Gasteiger partial charge in [-0.1, -0.05) is 18.2 Å². The van der Waals surface area contributed by atoms with Crippen molar-refractivity contribution in [3.63, 3.8) is 0 Å². The highest BCUT2D eigenvalue weighted by Crippen LogP contribution is 2.17. The van der Waals surface area contributed by atoms with E-state index in [0.717, 1.165) is 0 Å². The number of carboxylic acid groups (broad SMARTS) is 1. The summed E-state index contributed by atoms with van der Waals surface area (Å²) in [5.41, 5.74) is 0.0659. The Morgan fingerprint density at radius 3 is 2.57 bits per heavy atom. The third-order valence-corrected chi connectivity index (χ3v) is 4.97. The van der Waals surface area contributed by atoms with Crippen LogP contribution in [0.5, 0.6) is 5.75 Å². The van der Waals surface area contributed by atoms with Gasteiger partial charge >= 0.3 is 5.97 Å². The highest BCUT2D eigenvalue weighted by atomic mass is 32.2. The highest BCUT2D eigenvalue weighted by molar-refractivity contribution is 7.98. The monoisotopic (exact) mass is 434 g/mol. The zero-order valence-electron chi connectivity index (χ0n) is 17.2. The number of carbonyl (C=O) groups excluding carboxylic acids is 2. The van der Waals surface area contributed by atoms with Gasteiger partial charge in [-0.25, -0.2) is 4.79 Å². The van der Waals surface area contributed by atoms with Gasteiger partial charge in [0.15, 0.2) is 6.61 Å². The van der Waals surface area contributed by atoms with Crippen molar-refractivity contribution in [2.45, 2.75) is 25.9 Å². The maximum absolute atomic E-state index is 12.9. The average molecular weight is 435 g/mol. The van der Waals surface area contributed by atoms with E-state index in [4.69, 9.17) is 14.3 Å². The summed E-state index contributed by atoms with van der Waals surface area (Å²) < 4.78 is 10.9. The minimum absolute atomic E-state index is 0.0659. The molecule has 0 aliphatic carbocycles. The number of benzene rings is 1. The zero-order chi connectivity index (χ0) is 22.1. The number of hydrogen-bond donors (Lipinski definition) is 2. The predicted molar refractivity (Wildman–Crippen MR) is 114 cm³/mol. The van der Waals surface area contributed by atoms with Gasteiger partial charge in [-0.3, -0.25) is 9.59 Å². The second-order valence-corrected chi connectivity index (χ2v) is 7.67. The molecule has 0 aliphatic heterocycles. The van der Waals surface area contributed by atoms with Crippen LogP contribution in [-0.4, -0.2) is 59.5 Å². The molecule has 2 aromatic rings. The van der Waals surface area contributed by atoms with E-state index in [1.54, 1.807) is 50.0 Å². The first kappa shape index (κ1) is 23.3. The molecule has 1 atom stereocenters. The molecule has 2 rings (SSSR count). The Balaban J connectivity index is 1.98. The van der Waals surface area contributed by atoms with E-state index in [9.17, 15) is 14.4 Å². The smallest absolute Gasteiger partial charge is 0.339 e. The second kappa shape index (κ2) is 11.3. The quantitative estimate of drug-likeness (QED) is 0.559. The molecule has 162 valence electrons. The number of carbonyl (C=O) groups is 3. The van der Waals surface area contributed by atoms with E-state index in [2.05, 4.69) is 5.32 Å². The number of furan rings is 1. The van der Waals surface area contributed by atoms with Crippen LogP contribution in [0.15, 0.2) is 40.8 Å². The second-order valence-electron chi connectivity index (χ2n) is 6.69. The number of thioether (sulfide) groups is 1. The van der Waals surface area contributed by atoms with E-state index >= 15 is 0 Å². The number of nitrogens with one attached hydrogen (secondary N) is 1. The summed E-state index contributed by atoms with van der Waals surface area (Å²) in [6.45, 7) is 1.46. The minimum Gasteiger partial charge on any atom is -0.484 e. The van der Waals surface area contributed by atoms with Crippen LogP contribution in [-0.2, 0) is 16.1 Å². The maximum Gasteiger partial charge on any atom is 0.339 e. The van der Waals surface area contributed by atoms with Gasteiger partial charge in [0.25, 0.3) is 5.91 Å². The molecule has 9 heteroatoms. The molecule has 0 saturated heterocycles. The van der Waals surface area contributed by atoms with Crippen molar-refractivity contribution in [1.29, 1.82) is 0 Å². The number of hydrogen-bond acceptors (Lipinski definition) is 6. The van der Waals surface area contributed by atoms with E-state index in [0.29, 0.717) is 23.7 Å². The summed E-state index contributed by atoms with van der Waals surface area (Å²) in [6.07, 6.45) is 2.38. The molecule has 0 saturated carbocycles. The summed E-state index contributed by atoms with van der Waals surface area (Å²) in [6, 6.07) is 9.63. The van der Waals surface area contributed by atoms with Gasteiger partial charge < -0.3 is 24.5 Å². The first-order valence-electron chi connectivity index (χ1n) is 9.35. The molecule has 0 radical (unpaired) electrons. The fraction of sp³-hybridized carbons (Fsp3) is 0.381. The van der Waals surface area contributed by atoms with Gasteiger partial charge in [0.05, 0.1) is 6.54 Å². The molecule has 1 aromatic heterocycles. The van der Waals surface area contributed by atoms with E-state index < -0.39 is 17.9 Å².